The molecule has 0 unspecified atom stereocenters. The van der Waals surface area contributed by atoms with Crippen LogP contribution < -0.4 is 10.6 Å². The molecule has 0 aliphatic rings. The van der Waals surface area contributed by atoms with E-state index in [1.165, 1.54) is 0 Å². The van der Waals surface area contributed by atoms with E-state index in [0.717, 1.165) is 10.0 Å². The van der Waals surface area contributed by atoms with Crippen molar-refractivity contribution in [3.63, 3.8) is 0 Å². The van der Waals surface area contributed by atoms with Crippen molar-refractivity contribution in [2.45, 2.75) is 6.54 Å². The Morgan fingerprint density at radius 1 is 0.952 bits per heavy atom. The molecule has 0 aliphatic carbocycles. The van der Waals surface area contributed by atoms with Gasteiger partial charge in [0.1, 0.15) is 0 Å². The Labute approximate surface area is 135 Å². The summed E-state index contributed by atoms with van der Waals surface area (Å²) in [6, 6.07) is 14.0. The maximum atomic E-state index is 11.7. The topological polar surface area (TPSA) is 58.2 Å². The summed E-state index contributed by atoms with van der Waals surface area (Å²) < 4.78 is 0.957. The number of nitrogens with one attached hydrogen (secondary N) is 2. The molecule has 0 bridgehead atoms. The molecule has 108 valence electrons. The van der Waals surface area contributed by atoms with Gasteiger partial charge in [0.05, 0.1) is 0 Å². The van der Waals surface area contributed by atoms with Crippen molar-refractivity contribution in [2.24, 2.45) is 0 Å². The van der Waals surface area contributed by atoms with Crippen LogP contribution in [-0.4, -0.2) is 11.8 Å². The maximum Gasteiger partial charge on any atom is 0.313 e. The number of halogens is 2. The van der Waals surface area contributed by atoms with Crippen LogP contribution in [0.15, 0.2) is 53.0 Å². The van der Waals surface area contributed by atoms with Crippen molar-refractivity contribution in [3.05, 3.63) is 63.6 Å². The summed E-state index contributed by atoms with van der Waals surface area (Å²) in [5.41, 5.74) is 1.43. The van der Waals surface area contributed by atoms with Gasteiger partial charge in [-0.15, -0.1) is 0 Å². The first-order chi connectivity index (χ1) is 10.0. The SMILES string of the molecule is O=C(NCc1ccc(Br)cc1)C(=O)Nc1ccc(Cl)cc1. The van der Waals surface area contributed by atoms with Crippen LogP contribution in [-0.2, 0) is 16.1 Å². The number of benzene rings is 2. The fourth-order valence-electron chi connectivity index (χ4n) is 1.59. The van der Waals surface area contributed by atoms with Gasteiger partial charge in [-0.05, 0) is 42.0 Å². The average molecular weight is 368 g/mol. The Morgan fingerprint density at radius 2 is 1.57 bits per heavy atom. The van der Waals surface area contributed by atoms with E-state index in [0.29, 0.717) is 17.3 Å². The quantitative estimate of drug-likeness (QED) is 0.817. The van der Waals surface area contributed by atoms with Gasteiger partial charge in [0.15, 0.2) is 0 Å². The second-order valence-corrected chi connectivity index (χ2v) is 5.62. The summed E-state index contributed by atoms with van der Waals surface area (Å²) in [6.45, 7) is 0.292. The summed E-state index contributed by atoms with van der Waals surface area (Å²) >= 11 is 9.07. The van der Waals surface area contributed by atoms with Crippen molar-refractivity contribution < 1.29 is 9.59 Å². The first kappa shape index (κ1) is 15.5. The molecule has 0 atom stereocenters. The third-order valence-electron chi connectivity index (χ3n) is 2.67. The summed E-state index contributed by atoms with van der Waals surface area (Å²) in [4.78, 5) is 23.4. The number of hydrogen-bond acceptors (Lipinski definition) is 2. The Bertz CT molecular complexity index is 642. The lowest BCUT2D eigenvalue weighted by Gasteiger charge is -2.07. The van der Waals surface area contributed by atoms with Gasteiger partial charge in [0.25, 0.3) is 0 Å². The number of amides is 2. The molecule has 2 rings (SSSR count). The highest BCUT2D eigenvalue weighted by Crippen LogP contribution is 2.13. The van der Waals surface area contributed by atoms with E-state index in [2.05, 4.69) is 26.6 Å². The highest BCUT2D eigenvalue weighted by atomic mass is 79.9. The van der Waals surface area contributed by atoms with Crippen molar-refractivity contribution in [1.82, 2.24) is 5.32 Å². The summed E-state index contributed by atoms with van der Waals surface area (Å²) in [5.74, 6) is -1.40. The molecule has 0 radical (unpaired) electrons. The predicted molar refractivity (Wildman–Crippen MR) is 86.1 cm³/mol. The third kappa shape index (κ3) is 4.88. The molecular weight excluding hydrogens is 356 g/mol. The first-order valence-electron chi connectivity index (χ1n) is 6.14. The fraction of sp³-hybridized carbons (Fsp3) is 0.0667. The van der Waals surface area contributed by atoms with E-state index in [4.69, 9.17) is 11.6 Å². The highest BCUT2D eigenvalue weighted by molar-refractivity contribution is 9.10. The second kappa shape index (κ2) is 7.24. The molecule has 0 aliphatic heterocycles. The van der Waals surface area contributed by atoms with E-state index in [1.54, 1.807) is 24.3 Å². The first-order valence-corrected chi connectivity index (χ1v) is 7.31. The predicted octanol–water partition coefficient (Wildman–Crippen LogP) is 3.36. The Kier molecular flexibility index (Phi) is 5.36. The molecule has 0 saturated heterocycles. The fourth-order valence-corrected chi connectivity index (χ4v) is 1.98. The lowest BCUT2D eigenvalue weighted by Crippen LogP contribution is -2.34. The molecule has 2 aromatic rings. The van der Waals surface area contributed by atoms with Crippen LogP contribution in [0.4, 0.5) is 5.69 Å². The van der Waals surface area contributed by atoms with Crippen LogP contribution >= 0.6 is 27.5 Å². The summed E-state index contributed by atoms with van der Waals surface area (Å²) in [7, 11) is 0. The zero-order valence-electron chi connectivity index (χ0n) is 10.9. The number of hydrogen-bond donors (Lipinski definition) is 2. The Hall–Kier alpha value is -1.85. The molecule has 2 N–H and O–H groups in total. The highest BCUT2D eigenvalue weighted by Gasteiger charge is 2.13. The van der Waals surface area contributed by atoms with Crippen molar-refractivity contribution in [3.8, 4) is 0 Å². The molecule has 21 heavy (non-hydrogen) atoms. The zero-order chi connectivity index (χ0) is 15.2. The van der Waals surface area contributed by atoms with Crippen molar-refractivity contribution >= 4 is 45.0 Å². The van der Waals surface area contributed by atoms with Gasteiger partial charge in [-0.3, -0.25) is 9.59 Å². The normalized spacial score (nSPS) is 10.0. The minimum Gasteiger partial charge on any atom is -0.344 e. The lowest BCUT2D eigenvalue weighted by atomic mass is 10.2. The third-order valence-corrected chi connectivity index (χ3v) is 3.46. The van der Waals surface area contributed by atoms with Crippen LogP contribution in [0.5, 0.6) is 0 Å². The van der Waals surface area contributed by atoms with Crippen LogP contribution in [0.25, 0.3) is 0 Å². The summed E-state index contributed by atoms with van der Waals surface area (Å²) in [6.07, 6.45) is 0. The van der Waals surface area contributed by atoms with Gasteiger partial charge in [0, 0.05) is 21.7 Å². The van der Waals surface area contributed by atoms with Gasteiger partial charge in [-0.1, -0.05) is 39.7 Å². The van der Waals surface area contributed by atoms with E-state index in [9.17, 15) is 9.59 Å². The van der Waals surface area contributed by atoms with E-state index in [-0.39, 0.29) is 0 Å². The van der Waals surface area contributed by atoms with Gasteiger partial charge >= 0.3 is 11.8 Å². The van der Waals surface area contributed by atoms with E-state index >= 15 is 0 Å². The van der Waals surface area contributed by atoms with Crippen molar-refractivity contribution in [1.29, 1.82) is 0 Å². The molecular formula is C15H12BrClN2O2. The molecule has 2 aromatic carbocycles. The Morgan fingerprint density at radius 3 is 2.19 bits per heavy atom. The molecule has 0 heterocycles. The van der Waals surface area contributed by atoms with Gasteiger partial charge < -0.3 is 10.6 Å². The smallest absolute Gasteiger partial charge is 0.313 e. The molecule has 0 saturated carbocycles. The summed E-state index contributed by atoms with van der Waals surface area (Å²) in [5, 5.41) is 5.62. The van der Waals surface area contributed by atoms with Gasteiger partial charge in [0.2, 0.25) is 0 Å². The van der Waals surface area contributed by atoms with Crippen molar-refractivity contribution in [2.75, 3.05) is 5.32 Å². The van der Waals surface area contributed by atoms with Gasteiger partial charge in [-0.25, -0.2) is 0 Å². The van der Waals surface area contributed by atoms with Crippen LogP contribution in [0.3, 0.4) is 0 Å². The lowest BCUT2D eigenvalue weighted by molar-refractivity contribution is -0.136. The van der Waals surface area contributed by atoms with Crippen LogP contribution in [0.1, 0.15) is 5.56 Å². The molecule has 4 nitrogen and oxygen atoms in total. The van der Waals surface area contributed by atoms with Crippen LogP contribution in [0, 0.1) is 0 Å². The minimum atomic E-state index is -0.713. The number of anilines is 1. The number of carbonyl (C=O) groups is 2. The van der Waals surface area contributed by atoms with E-state index < -0.39 is 11.8 Å². The monoisotopic (exact) mass is 366 g/mol. The van der Waals surface area contributed by atoms with E-state index in [1.807, 2.05) is 24.3 Å². The Balaban J connectivity index is 1.86. The van der Waals surface area contributed by atoms with Crippen LogP contribution in [0.2, 0.25) is 5.02 Å². The molecule has 0 fully saturated rings. The standard InChI is InChI=1S/C15H12BrClN2O2/c16-11-3-1-10(2-4-11)9-18-14(20)15(21)19-13-7-5-12(17)6-8-13/h1-8H,9H2,(H,18,20)(H,19,21). The maximum absolute atomic E-state index is 11.7. The second-order valence-electron chi connectivity index (χ2n) is 4.27. The molecule has 2 amide bonds. The minimum absolute atomic E-state index is 0.292. The van der Waals surface area contributed by atoms with Gasteiger partial charge in [-0.2, -0.15) is 0 Å². The molecule has 0 aromatic heterocycles. The number of rotatable bonds is 3. The average Bonchev–Trinajstić information content (AvgIpc) is 2.48. The zero-order valence-corrected chi connectivity index (χ0v) is 13.2. The largest absolute Gasteiger partial charge is 0.344 e. The molecule has 0 spiro atoms. The number of carbonyl (C=O) groups excluding carboxylic acids is 2. The molecule has 6 heteroatoms.